The lowest BCUT2D eigenvalue weighted by Crippen LogP contribution is -2.48. The Kier molecular flexibility index (Phi) is 11.2. The maximum Gasteiger partial charge on any atom is 0.419 e. The van der Waals surface area contributed by atoms with Crippen LogP contribution in [-0.4, -0.2) is 56.3 Å². The van der Waals surface area contributed by atoms with Crippen LogP contribution in [0.2, 0.25) is 0 Å². The van der Waals surface area contributed by atoms with Crippen molar-refractivity contribution in [2.24, 2.45) is 11.8 Å². The molecule has 9 heteroatoms. The number of nitrogens with zero attached hydrogens (tertiary/aromatic N) is 1. The summed E-state index contributed by atoms with van der Waals surface area (Å²) < 4.78 is 52.2. The van der Waals surface area contributed by atoms with Gasteiger partial charge in [0.1, 0.15) is 11.5 Å². The number of ether oxygens (including phenoxy) is 2. The zero-order valence-electron chi connectivity index (χ0n) is 23.1. The molecule has 3 rings (SSSR count). The fraction of sp³-hybridized carbons (Fsp3) is 0.567. The molecule has 0 radical (unpaired) electrons. The van der Waals surface area contributed by atoms with E-state index in [0.29, 0.717) is 50.9 Å². The van der Waals surface area contributed by atoms with Gasteiger partial charge in [0.2, 0.25) is 5.91 Å². The van der Waals surface area contributed by atoms with E-state index in [-0.39, 0.29) is 29.2 Å². The molecule has 2 aromatic rings. The molecule has 39 heavy (non-hydrogen) atoms. The van der Waals surface area contributed by atoms with Crippen LogP contribution in [-0.2, 0) is 21.3 Å². The highest BCUT2D eigenvalue weighted by Crippen LogP contribution is 2.46. The maximum atomic E-state index is 13.7. The van der Waals surface area contributed by atoms with Crippen molar-refractivity contribution in [3.63, 3.8) is 0 Å². The number of benzene rings is 2. The first-order valence-corrected chi connectivity index (χ1v) is 13.7. The van der Waals surface area contributed by atoms with Gasteiger partial charge in [-0.05, 0) is 69.8 Å². The number of halogens is 3. The molecule has 1 aliphatic heterocycles. The van der Waals surface area contributed by atoms with Gasteiger partial charge < -0.3 is 24.8 Å². The number of alkyl halides is 3. The summed E-state index contributed by atoms with van der Waals surface area (Å²) in [5.41, 5.74) is -1.86. The number of rotatable bonds is 13. The lowest BCUT2D eigenvalue weighted by molar-refractivity contribution is -0.138. The van der Waals surface area contributed by atoms with Crippen LogP contribution in [0.1, 0.15) is 56.6 Å². The molecule has 0 spiro atoms. The predicted octanol–water partition coefficient (Wildman–Crippen LogP) is 5.99. The molecule has 0 aromatic heterocycles. The van der Waals surface area contributed by atoms with E-state index in [1.165, 1.54) is 18.2 Å². The number of likely N-dealkylation sites (tertiary alicyclic amines) is 1. The Labute approximate surface area is 229 Å². The molecular formula is C30H41F3N2O4. The van der Waals surface area contributed by atoms with Crippen LogP contribution in [0.4, 0.5) is 13.2 Å². The number of unbranched alkanes of at least 4 members (excludes halogenated alkanes) is 1. The van der Waals surface area contributed by atoms with Crippen molar-refractivity contribution in [1.29, 1.82) is 0 Å². The molecule has 1 aliphatic rings. The van der Waals surface area contributed by atoms with Gasteiger partial charge in [-0.2, -0.15) is 13.2 Å². The van der Waals surface area contributed by atoms with E-state index in [1.807, 2.05) is 18.9 Å². The van der Waals surface area contributed by atoms with Crippen LogP contribution in [0.15, 0.2) is 48.5 Å². The monoisotopic (exact) mass is 550 g/mol. The Morgan fingerprint density at radius 3 is 2.38 bits per heavy atom. The molecule has 0 bridgehead atoms. The first kappa shape index (κ1) is 30.9. The zero-order chi connectivity index (χ0) is 28.5. The van der Waals surface area contributed by atoms with Crippen molar-refractivity contribution in [1.82, 2.24) is 10.2 Å². The van der Waals surface area contributed by atoms with Crippen LogP contribution in [0.5, 0.6) is 11.5 Å². The molecule has 2 N–H and O–H groups in total. The number of methoxy groups -OCH3 is 1. The van der Waals surface area contributed by atoms with E-state index in [4.69, 9.17) is 9.47 Å². The van der Waals surface area contributed by atoms with Crippen LogP contribution < -0.4 is 10.1 Å². The second kappa shape index (κ2) is 14.1. The minimum absolute atomic E-state index is 0.0489. The van der Waals surface area contributed by atoms with Crippen LogP contribution in [0.25, 0.3) is 0 Å². The van der Waals surface area contributed by atoms with Gasteiger partial charge in [-0.3, -0.25) is 4.79 Å². The van der Waals surface area contributed by atoms with E-state index in [0.717, 1.165) is 25.5 Å². The van der Waals surface area contributed by atoms with Gasteiger partial charge in [-0.15, -0.1) is 0 Å². The number of carbonyl (C=O) groups is 1. The number of carbonyl (C=O) groups excluding carboxylic acids is 1. The predicted molar refractivity (Wildman–Crippen MR) is 145 cm³/mol. The molecule has 6 nitrogen and oxygen atoms in total. The van der Waals surface area contributed by atoms with Crippen molar-refractivity contribution in [3.05, 3.63) is 59.7 Å². The van der Waals surface area contributed by atoms with Crippen LogP contribution >= 0.6 is 0 Å². The number of hydrogen-bond acceptors (Lipinski definition) is 5. The van der Waals surface area contributed by atoms with E-state index < -0.39 is 17.3 Å². The molecular weight excluding hydrogens is 509 g/mol. The first-order valence-electron chi connectivity index (χ1n) is 13.7. The quantitative estimate of drug-likeness (QED) is 0.300. The van der Waals surface area contributed by atoms with Gasteiger partial charge in [0.05, 0.1) is 11.2 Å². The summed E-state index contributed by atoms with van der Waals surface area (Å²) in [5, 5.41) is 15.5. The Morgan fingerprint density at radius 2 is 1.74 bits per heavy atom. The Hall–Kier alpha value is -2.62. The zero-order valence-corrected chi connectivity index (χ0v) is 23.1. The van der Waals surface area contributed by atoms with Gasteiger partial charge in [-0.1, -0.05) is 37.3 Å². The SMILES string of the molecule is CNC[C@H](C)CC(=O)N1CCC[C@@H]([C@@](O)(CCCCOC)c2ccccc2Oc2ccccc2C(F)(F)F)C1. The maximum absolute atomic E-state index is 13.7. The number of nitrogens with one attached hydrogen (secondary N) is 1. The summed E-state index contributed by atoms with van der Waals surface area (Å²) in [6, 6.07) is 11.8. The third kappa shape index (κ3) is 8.19. The van der Waals surface area contributed by atoms with Crippen molar-refractivity contribution in [2.45, 2.75) is 57.2 Å². The van der Waals surface area contributed by atoms with Crippen LogP contribution in [0, 0.1) is 11.8 Å². The fourth-order valence-electron chi connectivity index (χ4n) is 5.46. The molecule has 1 amide bonds. The molecule has 1 fully saturated rings. The van der Waals surface area contributed by atoms with Crippen molar-refractivity contribution >= 4 is 5.91 Å². The number of hydrogen-bond donors (Lipinski definition) is 2. The number of aliphatic hydroxyl groups is 1. The summed E-state index contributed by atoms with van der Waals surface area (Å²) in [5.74, 6) is -0.223. The molecule has 0 unspecified atom stereocenters. The third-order valence-electron chi connectivity index (χ3n) is 7.45. The molecule has 2 aromatic carbocycles. The van der Waals surface area contributed by atoms with Gasteiger partial charge >= 0.3 is 6.18 Å². The average molecular weight is 551 g/mol. The Balaban J connectivity index is 1.94. The second-order valence-electron chi connectivity index (χ2n) is 10.5. The van der Waals surface area contributed by atoms with Gasteiger partial charge in [-0.25, -0.2) is 0 Å². The molecule has 3 atom stereocenters. The van der Waals surface area contributed by atoms with Gasteiger partial charge in [0.15, 0.2) is 0 Å². The summed E-state index contributed by atoms with van der Waals surface area (Å²) in [6.45, 7) is 4.29. The summed E-state index contributed by atoms with van der Waals surface area (Å²) in [7, 11) is 3.47. The van der Waals surface area contributed by atoms with Crippen molar-refractivity contribution in [2.75, 3.05) is 40.4 Å². The molecule has 216 valence electrons. The van der Waals surface area contributed by atoms with Gasteiger partial charge in [0, 0.05) is 44.7 Å². The molecule has 0 saturated carbocycles. The van der Waals surface area contributed by atoms with E-state index in [9.17, 15) is 23.1 Å². The topological polar surface area (TPSA) is 71.0 Å². The highest BCUT2D eigenvalue weighted by molar-refractivity contribution is 5.76. The smallest absolute Gasteiger partial charge is 0.419 e. The summed E-state index contributed by atoms with van der Waals surface area (Å²) >= 11 is 0. The molecule has 1 saturated heterocycles. The normalized spacial score (nSPS) is 18.4. The summed E-state index contributed by atoms with van der Waals surface area (Å²) in [6.07, 6.45) is -1.04. The largest absolute Gasteiger partial charge is 0.456 e. The minimum atomic E-state index is -4.59. The molecule has 1 heterocycles. The summed E-state index contributed by atoms with van der Waals surface area (Å²) in [4.78, 5) is 14.9. The Bertz CT molecular complexity index is 1060. The lowest BCUT2D eigenvalue weighted by atomic mass is 9.73. The second-order valence-corrected chi connectivity index (χ2v) is 10.5. The Morgan fingerprint density at radius 1 is 1.10 bits per heavy atom. The number of para-hydroxylation sites is 2. The number of piperidine rings is 1. The van der Waals surface area contributed by atoms with Gasteiger partial charge in [0.25, 0.3) is 0 Å². The minimum Gasteiger partial charge on any atom is -0.456 e. The standard InChI is InChI=1S/C30H41F3N2O4/c1-22(20-34-2)19-28(36)35-17-10-11-23(21-35)29(37,16-8-9-18-38-3)24-12-4-6-14-26(24)39-27-15-7-5-13-25(27)30(31,32)33/h4-7,12-15,22-23,34,37H,8-11,16-21H2,1-3H3/t22-,23-,29+/m1/s1. The van der Waals surface area contributed by atoms with E-state index in [2.05, 4.69) is 5.32 Å². The highest BCUT2D eigenvalue weighted by atomic mass is 19.4. The molecule has 0 aliphatic carbocycles. The van der Waals surface area contributed by atoms with Crippen LogP contribution in [0.3, 0.4) is 0 Å². The van der Waals surface area contributed by atoms with Crippen molar-refractivity contribution < 1.29 is 32.5 Å². The third-order valence-corrected chi connectivity index (χ3v) is 7.45. The number of amides is 1. The average Bonchev–Trinajstić information content (AvgIpc) is 2.91. The highest BCUT2D eigenvalue weighted by Gasteiger charge is 2.43. The van der Waals surface area contributed by atoms with E-state index >= 15 is 0 Å². The van der Waals surface area contributed by atoms with E-state index in [1.54, 1.807) is 31.4 Å². The lowest BCUT2D eigenvalue weighted by Gasteiger charge is -2.43. The van der Waals surface area contributed by atoms with Crippen molar-refractivity contribution in [3.8, 4) is 11.5 Å². The fourth-order valence-corrected chi connectivity index (χ4v) is 5.46. The first-order chi connectivity index (χ1) is 18.6.